The molecule has 1 aliphatic heterocycles. The molecule has 1 aromatic carbocycles. The monoisotopic (exact) mass is 322 g/mol. The zero-order chi connectivity index (χ0) is 16.7. The fourth-order valence-electron chi connectivity index (χ4n) is 4.22. The SMILES string of the molecule is N#C[C@@H]1[C@H](c2ccccc2C2=CCCC2)[C@@H](CO)N1C(=O)C1CC1. The zero-order valence-electron chi connectivity index (χ0n) is 13.7. The van der Waals surface area contributed by atoms with Crippen molar-refractivity contribution in [2.45, 2.75) is 50.1 Å². The van der Waals surface area contributed by atoms with E-state index < -0.39 is 6.04 Å². The Kier molecular flexibility index (Phi) is 3.90. The van der Waals surface area contributed by atoms with Crippen LogP contribution < -0.4 is 0 Å². The van der Waals surface area contributed by atoms with Gasteiger partial charge in [0.25, 0.3) is 0 Å². The molecule has 2 fully saturated rings. The van der Waals surface area contributed by atoms with Gasteiger partial charge in [-0.3, -0.25) is 4.79 Å². The van der Waals surface area contributed by atoms with Gasteiger partial charge in [-0.25, -0.2) is 0 Å². The number of carbonyl (C=O) groups excluding carboxylic acids is 1. The third-order valence-corrected chi connectivity index (χ3v) is 5.62. The van der Waals surface area contributed by atoms with E-state index in [0.717, 1.165) is 31.2 Å². The predicted octanol–water partition coefficient (Wildman–Crippen LogP) is 2.84. The molecule has 24 heavy (non-hydrogen) atoms. The molecular weight excluding hydrogens is 300 g/mol. The van der Waals surface area contributed by atoms with Crippen molar-refractivity contribution in [3.8, 4) is 6.07 Å². The maximum atomic E-state index is 12.5. The molecule has 1 saturated heterocycles. The van der Waals surface area contributed by atoms with E-state index in [1.54, 1.807) is 4.90 Å². The Bertz CT molecular complexity index is 729. The van der Waals surface area contributed by atoms with Crippen LogP contribution in [0.5, 0.6) is 0 Å². The zero-order valence-corrected chi connectivity index (χ0v) is 13.7. The average molecular weight is 322 g/mol. The largest absolute Gasteiger partial charge is 0.394 e. The van der Waals surface area contributed by atoms with Crippen LogP contribution in [0.4, 0.5) is 0 Å². The fourth-order valence-corrected chi connectivity index (χ4v) is 4.22. The highest BCUT2D eigenvalue weighted by molar-refractivity contribution is 5.84. The Hall–Kier alpha value is -2.12. The minimum atomic E-state index is -0.460. The molecule has 0 bridgehead atoms. The highest BCUT2D eigenvalue weighted by atomic mass is 16.3. The summed E-state index contributed by atoms with van der Waals surface area (Å²) in [6, 6.07) is 9.78. The van der Waals surface area contributed by atoms with Crippen molar-refractivity contribution in [1.29, 1.82) is 5.26 Å². The molecule has 0 aromatic heterocycles. The predicted molar refractivity (Wildman–Crippen MR) is 90.9 cm³/mol. The topological polar surface area (TPSA) is 64.3 Å². The van der Waals surface area contributed by atoms with Crippen LogP contribution in [0.2, 0.25) is 0 Å². The molecule has 2 aliphatic carbocycles. The third-order valence-electron chi connectivity index (χ3n) is 5.62. The summed E-state index contributed by atoms with van der Waals surface area (Å²) in [4.78, 5) is 14.1. The van der Waals surface area contributed by atoms with E-state index >= 15 is 0 Å². The molecule has 3 aliphatic rings. The maximum absolute atomic E-state index is 12.5. The number of hydrogen-bond donors (Lipinski definition) is 1. The van der Waals surface area contributed by atoms with Crippen LogP contribution in [-0.2, 0) is 4.79 Å². The number of rotatable bonds is 4. The normalized spacial score (nSPS) is 28.9. The van der Waals surface area contributed by atoms with Gasteiger partial charge in [0, 0.05) is 11.8 Å². The first-order valence-corrected chi connectivity index (χ1v) is 8.87. The van der Waals surface area contributed by atoms with E-state index in [1.165, 1.54) is 17.6 Å². The molecule has 1 saturated carbocycles. The number of amides is 1. The minimum Gasteiger partial charge on any atom is -0.394 e. The molecule has 1 N–H and O–H groups in total. The second-order valence-electron chi connectivity index (χ2n) is 7.08. The fraction of sp³-hybridized carbons (Fsp3) is 0.500. The van der Waals surface area contributed by atoms with Crippen molar-refractivity contribution in [3.63, 3.8) is 0 Å². The van der Waals surface area contributed by atoms with Gasteiger partial charge < -0.3 is 10.0 Å². The van der Waals surface area contributed by atoms with Gasteiger partial charge in [-0.15, -0.1) is 0 Å². The molecule has 4 rings (SSSR count). The molecule has 4 nitrogen and oxygen atoms in total. The van der Waals surface area contributed by atoms with Crippen LogP contribution in [-0.4, -0.2) is 34.6 Å². The van der Waals surface area contributed by atoms with E-state index in [9.17, 15) is 15.2 Å². The second kappa shape index (κ2) is 6.07. The van der Waals surface area contributed by atoms with E-state index in [2.05, 4.69) is 24.3 Å². The summed E-state index contributed by atoms with van der Waals surface area (Å²) < 4.78 is 0. The quantitative estimate of drug-likeness (QED) is 0.927. The Labute approximate surface area is 142 Å². The van der Waals surface area contributed by atoms with E-state index in [-0.39, 0.29) is 30.4 Å². The van der Waals surface area contributed by atoms with Crippen LogP contribution in [0.3, 0.4) is 0 Å². The molecule has 3 atom stereocenters. The Morgan fingerprint density at radius 1 is 1.33 bits per heavy atom. The van der Waals surface area contributed by atoms with Crippen LogP contribution in [0.15, 0.2) is 30.3 Å². The summed E-state index contributed by atoms with van der Waals surface area (Å²) in [5.41, 5.74) is 3.64. The van der Waals surface area contributed by atoms with Gasteiger partial charge in [-0.05, 0) is 48.8 Å². The van der Waals surface area contributed by atoms with Gasteiger partial charge >= 0.3 is 0 Å². The van der Waals surface area contributed by atoms with Crippen LogP contribution in [0, 0.1) is 17.2 Å². The van der Waals surface area contributed by atoms with Gasteiger partial charge in [0.15, 0.2) is 0 Å². The molecule has 1 aromatic rings. The highest BCUT2D eigenvalue weighted by Gasteiger charge is 2.54. The molecule has 4 heteroatoms. The lowest BCUT2D eigenvalue weighted by Gasteiger charge is -2.52. The molecule has 0 spiro atoms. The summed E-state index contributed by atoms with van der Waals surface area (Å²) in [5.74, 6) is 0.0263. The van der Waals surface area contributed by atoms with Gasteiger partial charge in [-0.2, -0.15) is 5.26 Å². The lowest BCUT2D eigenvalue weighted by atomic mass is 9.73. The van der Waals surface area contributed by atoms with Gasteiger partial charge in [-0.1, -0.05) is 30.3 Å². The van der Waals surface area contributed by atoms with Gasteiger partial charge in [0.2, 0.25) is 5.91 Å². The number of benzene rings is 1. The Morgan fingerprint density at radius 2 is 2.12 bits per heavy atom. The summed E-state index contributed by atoms with van der Waals surface area (Å²) in [6.07, 6.45) is 7.45. The summed E-state index contributed by atoms with van der Waals surface area (Å²) >= 11 is 0. The molecular formula is C20H22N2O2. The number of carbonyl (C=O) groups is 1. The Morgan fingerprint density at radius 3 is 2.75 bits per heavy atom. The number of aliphatic hydroxyl groups is 1. The highest BCUT2D eigenvalue weighted by Crippen LogP contribution is 2.46. The second-order valence-corrected chi connectivity index (χ2v) is 7.08. The smallest absolute Gasteiger partial charge is 0.227 e. The third kappa shape index (κ3) is 2.35. The standard InChI is InChI=1S/C20H22N2O2/c21-11-17-19(18(12-23)22(17)20(24)14-9-10-14)16-8-4-3-7-15(16)13-5-1-2-6-13/h3-5,7-8,14,17-19,23H,1-2,6,9-10,12H2/t17-,18-,19+/m1/s1. The molecule has 0 unspecified atom stereocenters. The van der Waals surface area contributed by atoms with Crippen molar-refractivity contribution in [2.24, 2.45) is 5.92 Å². The molecule has 0 radical (unpaired) electrons. The van der Waals surface area contributed by atoms with Crippen LogP contribution in [0.25, 0.3) is 5.57 Å². The number of allylic oxidation sites excluding steroid dienone is 2. The van der Waals surface area contributed by atoms with Crippen molar-refractivity contribution < 1.29 is 9.90 Å². The number of nitriles is 1. The molecule has 124 valence electrons. The maximum Gasteiger partial charge on any atom is 0.227 e. The first kappa shape index (κ1) is 15.4. The molecule has 1 amide bonds. The number of aliphatic hydroxyl groups excluding tert-OH is 1. The first-order valence-electron chi connectivity index (χ1n) is 8.87. The summed E-state index contributed by atoms with van der Waals surface area (Å²) in [6.45, 7) is -0.0886. The van der Waals surface area contributed by atoms with Crippen molar-refractivity contribution >= 4 is 11.5 Å². The lowest BCUT2D eigenvalue weighted by molar-refractivity contribution is -0.148. The average Bonchev–Trinajstić information content (AvgIpc) is 3.30. The van der Waals surface area contributed by atoms with E-state index in [0.29, 0.717) is 0 Å². The molecule has 1 heterocycles. The summed E-state index contributed by atoms with van der Waals surface area (Å²) in [5, 5.41) is 19.6. The number of nitrogens with zero attached hydrogens (tertiary/aromatic N) is 2. The summed E-state index contributed by atoms with van der Waals surface area (Å²) in [7, 11) is 0. The van der Waals surface area contributed by atoms with E-state index in [4.69, 9.17) is 0 Å². The van der Waals surface area contributed by atoms with Crippen molar-refractivity contribution in [1.82, 2.24) is 4.90 Å². The Balaban J connectivity index is 1.68. The van der Waals surface area contributed by atoms with Crippen molar-refractivity contribution in [3.05, 3.63) is 41.5 Å². The van der Waals surface area contributed by atoms with Crippen LogP contribution >= 0.6 is 0 Å². The van der Waals surface area contributed by atoms with Gasteiger partial charge in [0.1, 0.15) is 6.04 Å². The number of likely N-dealkylation sites (tertiary alicyclic amines) is 1. The first-order chi connectivity index (χ1) is 11.8. The minimum absolute atomic E-state index is 0.0504. The van der Waals surface area contributed by atoms with Gasteiger partial charge in [0.05, 0.1) is 18.7 Å². The lowest BCUT2D eigenvalue weighted by Crippen LogP contribution is -2.65. The van der Waals surface area contributed by atoms with Crippen molar-refractivity contribution in [2.75, 3.05) is 6.61 Å². The van der Waals surface area contributed by atoms with E-state index in [1.807, 2.05) is 12.1 Å². The van der Waals surface area contributed by atoms with Crippen LogP contribution in [0.1, 0.15) is 49.1 Å². The number of hydrogen-bond acceptors (Lipinski definition) is 3.